The van der Waals surface area contributed by atoms with Gasteiger partial charge in [0.2, 0.25) is 0 Å². The molecule has 1 atom stereocenters. The van der Waals surface area contributed by atoms with Gasteiger partial charge in [0, 0.05) is 11.6 Å². The molecular formula is C13H20F2N3S+. The Morgan fingerprint density at radius 3 is 2.63 bits per heavy atom. The van der Waals surface area contributed by atoms with E-state index in [9.17, 15) is 8.78 Å². The Balaban J connectivity index is 2.49. The van der Waals surface area contributed by atoms with Gasteiger partial charge in [-0.2, -0.15) is 0 Å². The maximum absolute atomic E-state index is 13.6. The summed E-state index contributed by atoms with van der Waals surface area (Å²) in [4.78, 5) is 1.31. The first-order valence-electron chi connectivity index (χ1n) is 6.18. The van der Waals surface area contributed by atoms with E-state index >= 15 is 0 Å². The molecule has 0 aliphatic carbocycles. The molecule has 3 N–H and O–H groups in total. The molecule has 0 saturated carbocycles. The summed E-state index contributed by atoms with van der Waals surface area (Å²) in [7, 11) is 4.10. The summed E-state index contributed by atoms with van der Waals surface area (Å²) in [6, 6.07) is 3.23. The standard InChI is InChI=1S/C13H19F2N3S/c1-9(11-5-4-10(14)8-12(11)15)17-13(19)16-6-7-18(2)3/h4-5,8-9H,6-7H2,1-3H3,(H2,16,17,19)/p+1/t9-/m0/s1. The lowest BCUT2D eigenvalue weighted by molar-refractivity contribution is -0.856. The van der Waals surface area contributed by atoms with Crippen molar-refractivity contribution in [2.75, 3.05) is 27.2 Å². The minimum absolute atomic E-state index is 0.313. The SMILES string of the molecule is C[C@H](NC(=S)NCC[NH+](C)C)c1ccc(F)cc1F. The lowest BCUT2D eigenvalue weighted by Gasteiger charge is -2.18. The highest BCUT2D eigenvalue weighted by atomic mass is 32.1. The van der Waals surface area contributed by atoms with Crippen molar-refractivity contribution >= 4 is 17.3 Å². The molecule has 106 valence electrons. The van der Waals surface area contributed by atoms with Crippen molar-refractivity contribution in [2.24, 2.45) is 0 Å². The number of hydrogen-bond acceptors (Lipinski definition) is 1. The number of benzene rings is 1. The summed E-state index contributed by atoms with van der Waals surface area (Å²) in [6.07, 6.45) is 0. The second-order valence-corrected chi connectivity index (χ2v) is 5.15. The molecule has 0 saturated heterocycles. The lowest BCUT2D eigenvalue weighted by atomic mass is 10.1. The molecule has 0 aliphatic heterocycles. The van der Waals surface area contributed by atoms with Crippen LogP contribution in [0.2, 0.25) is 0 Å². The van der Waals surface area contributed by atoms with Crippen LogP contribution in [0.25, 0.3) is 0 Å². The van der Waals surface area contributed by atoms with Crippen LogP contribution in [0.4, 0.5) is 8.78 Å². The number of likely N-dealkylation sites (N-methyl/N-ethyl adjacent to an activating group) is 1. The Morgan fingerprint density at radius 1 is 1.37 bits per heavy atom. The Hall–Kier alpha value is -1.27. The van der Waals surface area contributed by atoms with Crippen LogP contribution in [-0.2, 0) is 0 Å². The first kappa shape index (κ1) is 15.8. The summed E-state index contributed by atoms with van der Waals surface area (Å²) in [5.41, 5.74) is 0.392. The minimum Gasteiger partial charge on any atom is -0.357 e. The molecular weight excluding hydrogens is 268 g/mol. The predicted octanol–water partition coefficient (Wildman–Crippen LogP) is 0.634. The van der Waals surface area contributed by atoms with Gasteiger partial charge < -0.3 is 15.5 Å². The van der Waals surface area contributed by atoms with Gasteiger partial charge in [-0.25, -0.2) is 8.78 Å². The monoisotopic (exact) mass is 288 g/mol. The molecule has 0 aromatic heterocycles. The normalized spacial score (nSPS) is 12.3. The fraction of sp³-hybridized carbons (Fsp3) is 0.462. The molecule has 0 unspecified atom stereocenters. The molecule has 0 fully saturated rings. The third-order valence-corrected chi connectivity index (χ3v) is 2.95. The smallest absolute Gasteiger partial charge is 0.166 e. The van der Waals surface area contributed by atoms with Crippen molar-refractivity contribution in [2.45, 2.75) is 13.0 Å². The van der Waals surface area contributed by atoms with Gasteiger partial charge in [0.15, 0.2) is 5.11 Å². The van der Waals surface area contributed by atoms with E-state index in [2.05, 4.69) is 24.7 Å². The van der Waals surface area contributed by atoms with Crippen LogP contribution in [-0.4, -0.2) is 32.3 Å². The minimum atomic E-state index is -0.580. The molecule has 0 radical (unpaired) electrons. The summed E-state index contributed by atoms with van der Waals surface area (Å²) in [5, 5.41) is 6.50. The second-order valence-electron chi connectivity index (χ2n) is 4.74. The molecule has 3 nitrogen and oxygen atoms in total. The highest BCUT2D eigenvalue weighted by Crippen LogP contribution is 2.17. The molecule has 1 aromatic carbocycles. The van der Waals surface area contributed by atoms with Gasteiger partial charge in [-0.3, -0.25) is 0 Å². The van der Waals surface area contributed by atoms with E-state index in [1.165, 1.54) is 17.0 Å². The van der Waals surface area contributed by atoms with E-state index in [0.717, 1.165) is 19.2 Å². The van der Waals surface area contributed by atoms with Crippen molar-refractivity contribution in [3.8, 4) is 0 Å². The van der Waals surface area contributed by atoms with Crippen molar-refractivity contribution in [3.05, 3.63) is 35.4 Å². The van der Waals surface area contributed by atoms with E-state index in [1.54, 1.807) is 6.92 Å². The topological polar surface area (TPSA) is 28.5 Å². The molecule has 6 heteroatoms. The predicted molar refractivity (Wildman–Crippen MR) is 76.2 cm³/mol. The van der Waals surface area contributed by atoms with E-state index in [0.29, 0.717) is 10.7 Å². The van der Waals surface area contributed by atoms with Crippen molar-refractivity contribution in [1.29, 1.82) is 0 Å². The largest absolute Gasteiger partial charge is 0.357 e. The van der Waals surface area contributed by atoms with Crippen molar-refractivity contribution in [1.82, 2.24) is 10.6 Å². The molecule has 1 aromatic rings. The third kappa shape index (κ3) is 5.48. The maximum atomic E-state index is 13.6. The van der Waals surface area contributed by atoms with Crippen molar-refractivity contribution < 1.29 is 13.7 Å². The molecule has 0 aliphatic rings. The summed E-state index contributed by atoms with van der Waals surface area (Å²) in [5.74, 6) is -1.15. The summed E-state index contributed by atoms with van der Waals surface area (Å²) < 4.78 is 26.4. The van der Waals surface area contributed by atoms with E-state index < -0.39 is 11.6 Å². The number of rotatable bonds is 5. The van der Waals surface area contributed by atoms with Gasteiger partial charge in [0.05, 0.1) is 33.2 Å². The highest BCUT2D eigenvalue weighted by molar-refractivity contribution is 7.80. The fourth-order valence-corrected chi connectivity index (χ4v) is 1.88. The number of halogens is 2. The maximum Gasteiger partial charge on any atom is 0.166 e. The average Bonchev–Trinajstić information content (AvgIpc) is 2.27. The zero-order chi connectivity index (χ0) is 14.4. The lowest BCUT2D eigenvalue weighted by Crippen LogP contribution is -3.06. The number of nitrogens with one attached hydrogen (secondary N) is 3. The number of quaternary nitrogens is 1. The average molecular weight is 288 g/mol. The summed E-state index contributed by atoms with van der Waals surface area (Å²) in [6.45, 7) is 3.45. The van der Waals surface area contributed by atoms with Gasteiger partial charge in [0.25, 0.3) is 0 Å². The quantitative estimate of drug-likeness (QED) is 0.694. The molecule has 0 bridgehead atoms. The van der Waals surface area contributed by atoms with Gasteiger partial charge in [-0.1, -0.05) is 6.07 Å². The first-order chi connectivity index (χ1) is 8.90. The Bertz CT molecular complexity index is 438. The summed E-state index contributed by atoms with van der Waals surface area (Å²) >= 11 is 5.12. The van der Waals surface area contributed by atoms with Crippen LogP contribution in [0.3, 0.4) is 0 Å². The first-order valence-corrected chi connectivity index (χ1v) is 6.59. The molecule has 19 heavy (non-hydrogen) atoms. The Labute approximate surface area is 118 Å². The van der Waals surface area contributed by atoms with Crippen LogP contribution < -0.4 is 15.5 Å². The van der Waals surface area contributed by atoms with Crippen LogP contribution in [0.15, 0.2) is 18.2 Å². The van der Waals surface area contributed by atoms with E-state index in [1.807, 2.05) is 0 Å². The second kappa shape index (κ2) is 7.35. The highest BCUT2D eigenvalue weighted by Gasteiger charge is 2.12. The van der Waals surface area contributed by atoms with E-state index in [-0.39, 0.29) is 6.04 Å². The zero-order valence-corrected chi connectivity index (χ0v) is 12.2. The van der Waals surface area contributed by atoms with Crippen LogP contribution in [0, 0.1) is 11.6 Å². The fourth-order valence-electron chi connectivity index (χ4n) is 1.60. The van der Waals surface area contributed by atoms with E-state index in [4.69, 9.17) is 12.2 Å². The van der Waals surface area contributed by atoms with Crippen molar-refractivity contribution in [3.63, 3.8) is 0 Å². The molecule has 1 rings (SSSR count). The molecule has 0 amide bonds. The van der Waals surface area contributed by atoms with Gasteiger partial charge in [0.1, 0.15) is 11.6 Å². The van der Waals surface area contributed by atoms with Crippen LogP contribution >= 0.6 is 12.2 Å². The van der Waals surface area contributed by atoms with Crippen LogP contribution in [0.1, 0.15) is 18.5 Å². The number of hydrogen-bond donors (Lipinski definition) is 3. The van der Waals surface area contributed by atoms with Gasteiger partial charge >= 0.3 is 0 Å². The number of thiocarbonyl (C=S) groups is 1. The Kier molecular flexibility index (Phi) is 6.11. The molecule has 0 heterocycles. The van der Waals surface area contributed by atoms with Gasteiger partial charge in [-0.05, 0) is 25.2 Å². The molecule has 0 spiro atoms. The zero-order valence-electron chi connectivity index (χ0n) is 11.4. The van der Waals surface area contributed by atoms with Crippen LogP contribution in [0.5, 0.6) is 0 Å². The van der Waals surface area contributed by atoms with Gasteiger partial charge in [-0.15, -0.1) is 0 Å². The third-order valence-electron chi connectivity index (χ3n) is 2.69. The Morgan fingerprint density at radius 2 is 2.05 bits per heavy atom.